The summed E-state index contributed by atoms with van der Waals surface area (Å²) < 4.78 is 16.3. The first-order chi connectivity index (χ1) is 13.2. The van der Waals surface area contributed by atoms with E-state index in [1.807, 2.05) is 12.1 Å². The molecule has 1 aromatic heterocycles. The van der Waals surface area contributed by atoms with Gasteiger partial charge in [0.2, 0.25) is 5.91 Å². The number of nitrogens with zero attached hydrogens (tertiary/aromatic N) is 1. The van der Waals surface area contributed by atoms with Crippen LogP contribution in [0.3, 0.4) is 0 Å². The maximum absolute atomic E-state index is 12.7. The zero-order valence-corrected chi connectivity index (χ0v) is 15.0. The molecule has 1 atom stereocenters. The smallest absolute Gasteiger partial charge is 0.257 e. The second-order valence-electron chi connectivity index (χ2n) is 6.80. The summed E-state index contributed by atoms with van der Waals surface area (Å²) in [6.07, 6.45) is 5.29. The van der Waals surface area contributed by atoms with Crippen LogP contribution in [-0.2, 0) is 4.79 Å². The number of hydrogen-bond acceptors (Lipinski definition) is 5. The average molecular weight is 370 g/mol. The Hall–Kier alpha value is -2.96. The number of likely N-dealkylation sites (tertiary alicyclic amines) is 1. The van der Waals surface area contributed by atoms with Gasteiger partial charge in [0.1, 0.15) is 6.26 Å². The normalized spacial score (nSPS) is 19.3. The van der Waals surface area contributed by atoms with Crippen LogP contribution in [0.2, 0.25) is 0 Å². The molecule has 7 nitrogen and oxygen atoms in total. The Labute approximate surface area is 157 Å². The molecule has 2 aliphatic rings. The highest BCUT2D eigenvalue weighted by Gasteiger charge is 2.29. The van der Waals surface area contributed by atoms with Gasteiger partial charge in [-0.1, -0.05) is 0 Å². The highest BCUT2D eigenvalue weighted by molar-refractivity contribution is 5.96. The summed E-state index contributed by atoms with van der Waals surface area (Å²) in [4.78, 5) is 26.9. The van der Waals surface area contributed by atoms with Crippen molar-refractivity contribution in [3.63, 3.8) is 0 Å². The van der Waals surface area contributed by atoms with Crippen LogP contribution in [0.15, 0.2) is 41.2 Å². The summed E-state index contributed by atoms with van der Waals surface area (Å²) in [5.41, 5.74) is 1.18. The fraction of sp³-hybridized carbons (Fsp3) is 0.400. The Kier molecular flexibility index (Phi) is 5.00. The van der Waals surface area contributed by atoms with Crippen molar-refractivity contribution in [1.29, 1.82) is 0 Å². The van der Waals surface area contributed by atoms with Crippen molar-refractivity contribution in [3.8, 4) is 11.5 Å². The highest BCUT2D eigenvalue weighted by atomic mass is 16.5. The number of ether oxygens (including phenoxy) is 2. The lowest BCUT2D eigenvalue weighted by molar-refractivity contribution is -0.121. The van der Waals surface area contributed by atoms with Crippen LogP contribution >= 0.6 is 0 Å². The van der Waals surface area contributed by atoms with E-state index < -0.39 is 0 Å². The Morgan fingerprint density at radius 3 is 2.74 bits per heavy atom. The number of furan rings is 1. The molecule has 2 aromatic rings. The van der Waals surface area contributed by atoms with E-state index in [2.05, 4.69) is 5.32 Å². The second-order valence-corrected chi connectivity index (χ2v) is 6.80. The first kappa shape index (κ1) is 17.5. The molecule has 142 valence electrons. The number of carbonyl (C=O) groups is 2. The number of fused-ring (bicyclic) bond motifs is 1. The second kappa shape index (κ2) is 7.73. The molecular formula is C20H22N2O5. The molecule has 1 saturated heterocycles. The van der Waals surface area contributed by atoms with Gasteiger partial charge in [-0.3, -0.25) is 9.59 Å². The lowest BCUT2D eigenvalue weighted by Crippen LogP contribution is -2.43. The quantitative estimate of drug-likeness (QED) is 0.898. The minimum Gasteiger partial charge on any atom is -0.490 e. The van der Waals surface area contributed by atoms with Crippen LogP contribution in [0.5, 0.6) is 11.5 Å². The van der Waals surface area contributed by atoms with Crippen LogP contribution in [0, 0.1) is 5.92 Å². The van der Waals surface area contributed by atoms with Gasteiger partial charge in [0.15, 0.2) is 11.5 Å². The Morgan fingerprint density at radius 2 is 1.93 bits per heavy atom. The Balaban J connectivity index is 1.40. The zero-order chi connectivity index (χ0) is 18.6. The fourth-order valence-corrected chi connectivity index (χ4v) is 3.43. The highest BCUT2D eigenvalue weighted by Crippen LogP contribution is 2.32. The molecule has 2 amide bonds. The third-order valence-corrected chi connectivity index (χ3v) is 4.86. The third kappa shape index (κ3) is 3.92. The van der Waals surface area contributed by atoms with Crippen molar-refractivity contribution in [3.05, 3.63) is 42.4 Å². The molecule has 0 spiro atoms. The van der Waals surface area contributed by atoms with Gasteiger partial charge in [0.25, 0.3) is 5.91 Å². The maximum atomic E-state index is 12.7. The number of nitrogens with one attached hydrogen (secondary N) is 1. The van der Waals surface area contributed by atoms with Crippen molar-refractivity contribution in [2.45, 2.75) is 19.3 Å². The zero-order valence-electron chi connectivity index (χ0n) is 15.0. The van der Waals surface area contributed by atoms with E-state index in [0.717, 1.165) is 19.3 Å². The van der Waals surface area contributed by atoms with E-state index in [4.69, 9.17) is 13.9 Å². The van der Waals surface area contributed by atoms with Crippen molar-refractivity contribution >= 4 is 17.5 Å². The first-order valence-electron chi connectivity index (χ1n) is 9.23. The number of amides is 2. The summed E-state index contributed by atoms with van der Waals surface area (Å²) in [5, 5.41) is 2.95. The molecule has 1 aromatic carbocycles. The van der Waals surface area contributed by atoms with E-state index in [0.29, 0.717) is 49.1 Å². The van der Waals surface area contributed by atoms with E-state index in [1.54, 1.807) is 17.0 Å². The van der Waals surface area contributed by atoms with E-state index in [-0.39, 0.29) is 17.7 Å². The van der Waals surface area contributed by atoms with Gasteiger partial charge in [-0.05, 0) is 31.0 Å². The summed E-state index contributed by atoms with van der Waals surface area (Å²) >= 11 is 0. The predicted octanol–water partition coefficient (Wildman–Crippen LogP) is 2.93. The topological polar surface area (TPSA) is 81.0 Å². The number of benzene rings is 1. The van der Waals surface area contributed by atoms with Gasteiger partial charge in [-0.15, -0.1) is 0 Å². The first-order valence-corrected chi connectivity index (χ1v) is 9.23. The molecular weight excluding hydrogens is 348 g/mol. The standard InChI is InChI=1S/C20H22N2O5/c23-19(21-16-4-5-17-18(11-16)27-9-2-8-26-17)14-3-1-7-22(12-14)20(24)15-6-10-25-13-15/h4-6,10-11,13-14H,1-3,7-9,12H2,(H,21,23)/t14-/m1/s1. The largest absolute Gasteiger partial charge is 0.490 e. The molecule has 0 unspecified atom stereocenters. The third-order valence-electron chi connectivity index (χ3n) is 4.86. The van der Waals surface area contributed by atoms with Crippen molar-refractivity contribution in [1.82, 2.24) is 4.90 Å². The lowest BCUT2D eigenvalue weighted by Gasteiger charge is -2.31. The SMILES string of the molecule is O=C(Nc1ccc2c(c1)OCCCO2)[C@@H]1CCCN(C(=O)c2ccoc2)C1. The molecule has 2 aliphatic heterocycles. The molecule has 0 radical (unpaired) electrons. The number of carbonyl (C=O) groups excluding carboxylic acids is 2. The van der Waals surface area contributed by atoms with Crippen LogP contribution in [-0.4, -0.2) is 43.0 Å². The van der Waals surface area contributed by atoms with Crippen molar-refractivity contribution < 1.29 is 23.5 Å². The summed E-state index contributed by atoms with van der Waals surface area (Å²) in [7, 11) is 0. The molecule has 3 heterocycles. The molecule has 1 fully saturated rings. The number of piperidine rings is 1. The van der Waals surface area contributed by atoms with Gasteiger partial charge in [0.05, 0.1) is 31.0 Å². The van der Waals surface area contributed by atoms with Gasteiger partial charge in [0, 0.05) is 31.3 Å². The van der Waals surface area contributed by atoms with E-state index in [9.17, 15) is 9.59 Å². The van der Waals surface area contributed by atoms with Gasteiger partial charge >= 0.3 is 0 Å². The minimum absolute atomic E-state index is 0.0887. The predicted molar refractivity (Wildman–Crippen MR) is 98.0 cm³/mol. The monoisotopic (exact) mass is 370 g/mol. The summed E-state index contributed by atoms with van der Waals surface area (Å²) in [6.45, 7) is 2.28. The molecule has 4 rings (SSSR count). The van der Waals surface area contributed by atoms with Gasteiger partial charge in [-0.2, -0.15) is 0 Å². The molecule has 0 aliphatic carbocycles. The number of rotatable bonds is 3. The van der Waals surface area contributed by atoms with Crippen LogP contribution < -0.4 is 14.8 Å². The molecule has 7 heteroatoms. The van der Waals surface area contributed by atoms with Gasteiger partial charge in [-0.25, -0.2) is 0 Å². The Bertz CT molecular complexity index is 818. The summed E-state index contributed by atoms with van der Waals surface area (Å²) in [6, 6.07) is 7.05. The molecule has 27 heavy (non-hydrogen) atoms. The fourth-order valence-electron chi connectivity index (χ4n) is 3.43. The molecule has 0 bridgehead atoms. The minimum atomic E-state index is -0.245. The summed E-state index contributed by atoms with van der Waals surface area (Å²) in [5.74, 6) is 0.905. The lowest BCUT2D eigenvalue weighted by atomic mass is 9.96. The number of anilines is 1. The molecule has 1 N–H and O–H groups in total. The van der Waals surface area contributed by atoms with Crippen molar-refractivity contribution in [2.75, 3.05) is 31.6 Å². The van der Waals surface area contributed by atoms with E-state index in [1.165, 1.54) is 12.5 Å². The Morgan fingerprint density at radius 1 is 1.07 bits per heavy atom. The molecule has 0 saturated carbocycles. The van der Waals surface area contributed by atoms with Crippen LogP contribution in [0.1, 0.15) is 29.6 Å². The number of hydrogen-bond donors (Lipinski definition) is 1. The van der Waals surface area contributed by atoms with E-state index >= 15 is 0 Å². The maximum Gasteiger partial charge on any atom is 0.257 e. The van der Waals surface area contributed by atoms with Crippen LogP contribution in [0.4, 0.5) is 5.69 Å². The average Bonchev–Trinajstić information content (AvgIpc) is 3.13. The van der Waals surface area contributed by atoms with Crippen molar-refractivity contribution in [2.24, 2.45) is 5.92 Å². The van der Waals surface area contributed by atoms with Gasteiger partial charge < -0.3 is 24.1 Å². The van der Waals surface area contributed by atoms with Crippen LogP contribution in [0.25, 0.3) is 0 Å².